The SMILES string of the molecule is Cc1ccccc1N(C)S(=O)(=O)c1nnc(NC(=O)c2ccc(F)cc2)s1. The number of aromatic nitrogens is 2. The fourth-order valence-electron chi connectivity index (χ4n) is 2.30. The monoisotopic (exact) mass is 406 g/mol. The molecule has 0 spiro atoms. The van der Waals surface area contributed by atoms with Crippen LogP contribution in [0.25, 0.3) is 0 Å². The average Bonchev–Trinajstić information content (AvgIpc) is 3.11. The molecule has 0 fully saturated rings. The molecule has 0 unspecified atom stereocenters. The van der Waals surface area contributed by atoms with Crippen molar-refractivity contribution in [1.29, 1.82) is 0 Å². The fourth-order valence-corrected chi connectivity index (χ4v) is 4.61. The fraction of sp³-hybridized carbons (Fsp3) is 0.118. The second-order valence-corrected chi connectivity index (χ2v) is 8.71. The van der Waals surface area contributed by atoms with Crippen LogP contribution in [0.1, 0.15) is 15.9 Å². The van der Waals surface area contributed by atoms with E-state index < -0.39 is 21.7 Å². The first-order valence-corrected chi connectivity index (χ1v) is 9.99. The summed E-state index contributed by atoms with van der Waals surface area (Å²) in [7, 11) is -2.50. The van der Waals surface area contributed by atoms with E-state index in [1.165, 1.54) is 19.2 Å². The van der Waals surface area contributed by atoms with Gasteiger partial charge in [0.15, 0.2) is 0 Å². The summed E-state index contributed by atoms with van der Waals surface area (Å²) in [4.78, 5) is 12.1. The van der Waals surface area contributed by atoms with E-state index in [2.05, 4.69) is 15.5 Å². The summed E-state index contributed by atoms with van der Waals surface area (Å²) < 4.78 is 39.3. The lowest BCUT2D eigenvalue weighted by Gasteiger charge is -2.19. The number of para-hydroxylation sites is 1. The van der Waals surface area contributed by atoms with Gasteiger partial charge in [-0.15, -0.1) is 10.2 Å². The highest BCUT2D eigenvalue weighted by atomic mass is 32.2. The Morgan fingerprint density at radius 1 is 1.11 bits per heavy atom. The Labute approximate surface area is 159 Å². The molecule has 7 nitrogen and oxygen atoms in total. The zero-order chi connectivity index (χ0) is 19.6. The number of amides is 1. The number of anilines is 2. The molecule has 0 saturated heterocycles. The van der Waals surface area contributed by atoms with Gasteiger partial charge < -0.3 is 0 Å². The highest BCUT2D eigenvalue weighted by Crippen LogP contribution is 2.28. The van der Waals surface area contributed by atoms with Gasteiger partial charge in [-0.1, -0.05) is 29.5 Å². The number of nitrogens with zero attached hydrogens (tertiary/aromatic N) is 3. The summed E-state index contributed by atoms with van der Waals surface area (Å²) in [6.07, 6.45) is 0. The molecule has 2 aromatic carbocycles. The summed E-state index contributed by atoms with van der Waals surface area (Å²) in [5.41, 5.74) is 1.52. The molecule has 0 aliphatic rings. The lowest BCUT2D eigenvalue weighted by molar-refractivity contribution is 0.102. The van der Waals surface area contributed by atoms with Crippen molar-refractivity contribution in [2.75, 3.05) is 16.7 Å². The number of hydrogen-bond acceptors (Lipinski definition) is 6. The van der Waals surface area contributed by atoms with Gasteiger partial charge in [0, 0.05) is 12.6 Å². The molecule has 0 atom stereocenters. The van der Waals surface area contributed by atoms with Gasteiger partial charge in [-0.3, -0.25) is 14.4 Å². The van der Waals surface area contributed by atoms with Crippen LogP contribution in [0, 0.1) is 12.7 Å². The lowest BCUT2D eigenvalue weighted by atomic mass is 10.2. The molecule has 10 heteroatoms. The summed E-state index contributed by atoms with van der Waals surface area (Å²) in [6.45, 7) is 1.80. The second kappa shape index (κ2) is 7.41. The van der Waals surface area contributed by atoms with Crippen molar-refractivity contribution < 1.29 is 17.6 Å². The zero-order valence-electron chi connectivity index (χ0n) is 14.4. The van der Waals surface area contributed by atoms with Crippen LogP contribution in [-0.2, 0) is 10.0 Å². The Bertz CT molecular complexity index is 1080. The van der Waals surface area contributed by atoms with Crippen LogP contribution in [0.4, 0.5) is 15.2 Å². The van der Waals surface area contributed by atoms with E-state index in [0.717, 1.165) is 33.3 Å². The van der Waals surface area contributed by atoms with Crippen LogP contribution >= 0.6 is 11.3 Å². The molecule has 1 N–H and O–H groups in total. The normalized spacial score (nSPS) is 11.2. The first-order chi connectivity index (χ1) is 12.8. The molecule has 0 aliphatic heterocycles. The number of sulfonamides is 1. The molecule has 0 bridgehead atoms. The van der Waals surface area contributed by atoms with E-state index in [9.17, 15) is 17.6 Å². The highest BCUT2D eigenvalue weighted by Gasteiger charge is 2.27. The van der Waals surface area contributed by atoms with E-state index in [1.807, 2.05) is 6.07 Å². The summed E-state index contributed by atoms with van der Waals surface area (Å²) in [5, 5.41) is 9.90. The van der Waals surface area contributed by atoms with Crippen molar-refractivity contribution in [3.8, 4) is 0 Å². The number of halogens is 1. The first kappa shape index (κ1) is 18.9. The van der Waals surface area contributed by atoms with Crippen LogP contribution in [0.15, 0.2) is 52.9 Å². The number of rotatable bonds is 5. The van der Waals surface area contributed by atoms with Gasteiger partial charge in [-0.05, 0) is 42.8 Å². The molecule has 1 amide bonds. The van der Waals surface area contributed by atoms with Gasteiger partial charge in [-0.2, -0.15) is 8.42 Å². The predicted octanol–water partition coefficient (Wildman–Crippen LogP) is 3.06. The van der Waals surface area contributed by atoms with Crippen LogP contribution in [0.5, 0.6) is 0 Å². The first-order valence-electron chi connectivity index (χ1n) is 7.74. The number of hydrogen-bond donors (Lipinski definition) is 1. The van der Waals surface area contributed by atoms with Gasteiger partial charge in [0.25, 0.3) is 20.3 Å². The third-order valence-electron chi connectivity index (χ3n) is 3.77. The minimum Gasteiger partial charge on any atom is -0.296 e. The van der Waals surface area contributed by atoms with Crippen LogP contribution in [0.3, 0.4) is 0 Å². The van der Waals surface area contributed by atoms with Crippen molar-refractivity contribution in [2.45, 2.75) is 11.3 Å². The number of carbonyl (C=O) groups excluding carboxylic acids is 1. The molecule has 140 valence electrons. The number of carbonyl (C=O) groups is 1. The van der Waals surface area contributed by atoms with Gasteiger partial charge >= 0.3 is 0 Å². The maximum absolute atomic E-state index is 12.9. The predicted molar refractivity (Wildman–Crippen MR) is 101 cm³/mol. The van der Waals surface area contributed by atoms with Gasteiger partial charge in [0.2, 0.25) is 5.13 Å². The Hall–Kier alpha value is -2.85. The number of nitrogens with one attached hydrogen (secondary N) is 1. The number of aryl methyl sites for hydroxylation is 1. The molecule has 0 aliphatic carbocycles. The largest absolute Gasteiger partial charge is 0.296 e. The lowest BCUT2D eigenvalue weighted by Crippen LogP contribution is -2.27. The van der Waals surface area contributed by atoms with E-state index in [0.29, 0.717) is 5.69 Å². The molecule has 3 rings (SSSR count). The van der Waals surface area contributed by atoms with Crippen molar-refractivity contribution in [3.05, 3.63) is 65.5 Å². The Balaban J connectivity index is 1.81. The Kier molecular flexibility index (Phi) is 5.19. The third-order valence-corrected chi connectivity index (χ3v) is 6.73. The maximum atomic E-state index is 12.9. The third kappa shape index (κ3) is 3.96. The molecule has 0 saturated carbocycles. The molecular weight excluding hydrogens is 391 g/mol. The summed E-state index contributed by atoms with van der Waals surface area (Å²) >= 11 is 0.737. The highest BCUT2D eigenvalue weighted by molar-refractivity contribution is 7.94. The van der Waals surface area contributed by atoms with Crippen molar-refractivity contribution in [1.82, 2.24) is 10.2 Å². The van der Waals surface area contributed by atoms with Crippen molar-refractivity contribution in [2.24, 2.45) is 0 Å². The topological polar surface area (TPSA) is 92.3 Å². The second-order valence-electron chi connectivity index (χ2n) is 5.59. The van der Waals surface area contributed by atoms with Crippen LogP contribution in [-0.4, -0.2) is 31.6 Å². The minimum absolute atomic E-state index is 0.0288. The Morgan fingerprint density at radius 3 is 2.44 bits per heavy atom. The zero-order valence-corrected chi connectivity index (χ0v) is 16.0. The quantitative estimate of drug-likeness (QED) is 0.658. The molecule has 3 aromatic rings. The molecule has 1 heterocycles. The van der Waals surface area contributed by atoms with E-state index in [1.54, 1.807) is 25.1 Å². The molecule has 1 aromatic heterocycles. The summed E-state index contributed by atoms with van der Waals surface area (Å²) in [6, 6.07) is 12.0. The summed E-state index contributed by atoms with van der Waals surface area (Å²) in [5.74, 6) is -1.00. The maximum Gasteiger partial charge on any atom is 0.293 e. The molecule has 0 radical (unpaired) electrons. The molecular formula is C17H15FN4O3S2. The van der Waals surface area contributed by atoms with Crippen LogP contribution in [0.2, 0.25) is 0 Å². The van der Waals surface area contributed by atoms with Crippen molar-refractivity contribution >= 4 is 38.1 Å². The van der Waals surface area contributed by atoms with E-state index in [4.69, 9.17) is 0 Å². The standard InChI is InChI=1S/C17H15FN4O3S2/c1-11-5-3-4-6-14(11)22(2)27(24,25)17-21-20-16(26-17)19-15(23)12-7-9-13(18)10-8-12/h3-10H,1-2H3,(H,19,20,23). The van der Waals surface area contributed by atoms with Crippen molar-refractivity contribution in [3.63, 3.8) is 0 Å². The van der Waals surface area contributed by atoms with Gasteiger partial charge in [0.1, 0.15) is 5.82 Å². The van der Waals surface area contributed by atoms with Gasteiger partial charge in [-0.25, -0.2) is 4.39 Å². The minimum atomic E-state index is -3.92. The average molecular weight is 406 g/mol. The number of benzene rings is 2. The van der Waals surface area contributed by atoms with E-state index >= 15 is 0 Å². The smallest absolute Gasteiger partial charge is 0.293 e. The van der Waals surface area contributed by atoms with Crippen LogP contribution < -0.4 is 9.62 Å². The Morgan fingerprint density at radius 2 is 1.78 bits per heavy atom. The van der Waals surface area contributed by atoms with Gasteiger partial charge in [0.05, 0.1) is 5.69 Å². The van der Waals surface area contributed by atoms with E-state index in [-0.39, 0.29) is 15.0 Å². The molecule has 27 heavy (non-hydrogen) atoms.